The van der Waals surface area contributed by atoms with Crippen LogP contribution in [0, 0.1) is 11.8 Å². The molecule has 6 nitrogen and oxygen atoms in total. The molecule has 3 aliphatic heterocycles. The lowest BCUT2D eigenvalue weighted by molar-refractivity contribution is -0.125. The minimum atomic E-state index is -0.615. The van der Waals surface area contributed by atoms with E-state index >= 15 is 0 Å². The van der Waals surface area contributed by atoms with E-state index in [9.17, 15) is 9.90 Å². The van der Waals surface area contributed by atoms with Crippen molar-refractivity contribution < 1.29 is 9.90 Å². The van der Waals surface area contributed by atoms with Crippen LogP contribution in [0.15, 0.2) is 54.7 Å². The fourth-order valence-electron chi connectivity index (χ4n) is 5.70. The van der Waals surface area contributed by atoms with E-state index in [4.69, 9.17) is 0 Å². The third kappa shape index (κ3) is 4.28. The number of allylic oxidation sites excluding steroid dienone is 1. The fourth-order valence-corrected chi connectivity index (χ4v) is 6.86. The topological polar surface area (TPSA) is 68.7 Å². The lowest BCUT2D eigenvalue weighted by Crippen LogP contribution is -2.49. The van der Waals surface area contributed by atoms with Gasteiger partial charge in [0.1, 0.15) is 12.0 Å². The molecule has 7 heteroatoms. The third-order valence-corrected chi connectivity index (χ3v) is 8.60. The van der Waals surface area contributed by atoms with Crippen LogP contribution in [0.3, 0.4) is 0 Å². The largest absolute Gasteiger partial charge is 0.372 e. The van der Waals surface area contributed by atoms with Gasteiger partial charge in [-0.05, 0) is 47.1 Å². The summed E-state index contributed by atoms with van der Waals surface area (Å²) in [5, 5.41) is 13.8. The summed E-state index contributed by atoms with van der Waals surface area (Å²) in [6.45, 7) is 3.34. The highest BCUT2D eigenvalue weighted by atomic mass is 32.2. The van der Waals surface area contributed by atoms with Crippen molar-refractivity contribution in [1.82, 2.24) is 14.8 Å². The highest BCUT2D eigenvalue weighted by Crippen LogP contribution is 2.41. The summed E-state index contributed by atoms with van der Waals surface area (Å²) in [5.74, 6) is 3.79. The van der Waals surface area contributed by atoms with Crippen LogP contribution in [0.5, 0.6) is 0 Å². The van der Waals surface area contributed by atoms with Crippen LogP contribution in [0.2, 0.25) is 0 Å². The molecular weight excluding hydrogens is 444 g/mol. The standard InChI is InChI=1S/C27H30N4O2S/c32-25(31-14-21-11-20(12-22(21)15-31)19-4-2-1-3-5-19)7-6-18-10-23-16-30-8-9-34-17-24(30)27(33)29-26(23)28-13-18/h1-7,10-11,13,21-22,24,27,33H,8-9,12,14-17H2,(H,28,29)/b7-6+. The molecular formula is C27H30N4O2S. The Balaban J connectivity index is 1.11. The summed E-state index contributed by atoms with van der Waals surface area (Å²) in [7, 11) is 0. The van der Waals surface area contributed by atoms with E-state index in [1.54, 1.807) is 12.3 Å². The van der Waals surface area contributed by atoms with Gasteiger partial charge in [0.15, 0.2) is 0 Å². The molecule has 4 heterocycles. The molecule has 1 aromatic carbocycles. The second kappa shape index (κ2) is 9.21. The Kier molecular flexibility index (Phi) is 5.93. The monoisotopic (exact) mass is 474 g/mol. The molecule has 1 aliphatic carbocycles. The van der Waals surface area contributed by atoms with Gasteiger partial charge in [0.05, 0.1) is 6.04 Å². The van der Waals surface area contributed by atoms with Crippen molar-refractivity contribution in [3.8, 4) is 0 Å². The maximum Gasteiger partial charge on any atom is 0.246 e. The van der Waals surface area contributed by atoms with E-state index in [2.05, 4.69) is 57.7 Å². The molecule has 0 bridgehead atoms. The van der Waals surface area contributed by atoms with Crippen molar-refractivity contribution in [3.63, 3.8) is 0 Å². The Labute approximate surface area is 204 Å². The van der Waals surface area contributed by atoms with Crippen LogP contribution in [0.1, 0.15) is 23.1 Å². The number of carbonyl (C=O) groups is 1. The Bertz CT molecular complexity index is 1130. The van der Waals surface area contributed by atoms with E-state index in [-0.39, 0.29) is 11.9 Å². The predicted octanol–water partition coefficient (Wildman–Crippen LogP) is 3.32. The molecule has 4 unspecified atom stereocenters. The van der Waals surface area contributed by atoms with Gasteiger partial charge in [-0.25, -0.2) is 4.98 Å². The molecule has 2 fully saturated rings. The van der Waals surface area contributed by atoms with Crippen molar-refractivity contribution in [3.05, 3.63) is 71.4 Å². The number of anilines is 1. The van der Waals surface area contributed by atoms with E-state index in [0.717, 1.165) is 61.1 Å². The number of hydrogen-bond donors (Lipinski definition) is 2. The van der Waals surface area contributed by atoms with Gasteiger partial charge in [0.25, 0.3) is 0 Å². The van der Waals surface area contributed by atoms with E-state index < -0.39 is 6.23 Å². The van der Waals surface area contributed by atoms with Crippen LogP contribution in [-0.2, 0) is 11.3 Å². The fraction of sp³-hybridized carbons (Fsp3) is 0.407. The number of amides is 1. The minimum Gasteiger partial charge on any atom is -0.372 e. The summed E-state index contributed by atoms with van der Waals surface area (Å²) < 4.78 is 0. The number of aliphatic hydroxyl groups excluding tert-OH is 1. The zero-order valence-corrected chi connectivity index (χ0v) is 20.0. The van der Waals surface area contributed by atoms with Crippen molar-refractivity contribution in [2.24, 2.45) is 11.8 Å². The van der Waals surface area contributed by atoms with Crippen LogP contribution in [0.4, 0.5) is 5.82 Å². The number of aliphatic hydroxyl groups is 1. The Morgan fingerprint density at radius 1 is 1.24 bits per heavy atom. The number of fused-ring (bicyclic) bond motifs is 3. The van der Waals surface area contributed by atoms with Crippen molar-refractivity contribution in [1.29, 1.82) is 0 Å². The van der Waals surface area contributed by atoms with Crippen LogP contribution >= 0.6 is 11.8 Å². The summed E-state index contributed by atoms with van der Waals surface area (Å²) in [5.41, 5.74) is 4.71. The first-order valence-corrected chi connectivity index (χ1v) is 13.3. The first-order valence-electron chi connectivity index (χ1n) is 12.1. The SMILES string of the molecule is O=C(/C=C/c1cnc2c(c1)CN1CCSCC1C(O)N2)N1CC2C=C(c3ccccc3)CC2C1. The number of hydrogen-bond acceptors (Lipinski definition) is 6. The number of pyridine rings is 1. The van der Waals surface area contributed by atoms with Crippen LogP contribution in [0.25, 0.3) is 11.6 Å². The summed E-state index contributed by atoms with van der Waals surface area (Å²) in [6, 6.07) is 12.8. The quantitative estimate of drug-likeness (QED) is 0.666. The number of likely N-dealkylation sites (tertiary alicyclic amines) is 1. The lowest BCUT2D eigenvalue weighted by atomic mass is 9.98. The van der Waals surface area contributed by atoms with E-state index in [1.165, 1.54) is 11.1 Å². The number of thioether (sulfide) groups is 1. The smallest absolute Gasteiger partial charge is 0.246 e. The molecule has 6 rings (SSSR count). The van der Waals surface area contributed by atoms with Gasteiger partial charge in [-0.2, -0.15) is 11.8 Å². The van der Waals surface area contributed by atoms with Crippen LogP contribution < -0.4 is 5.32 Å². The Morgan fingerprint density at radius 2 is 2.12 bits per heavy atom. The molecule has 2 N–H and O–H groups in total. The molecule has 0 radical (unpaired) electrons. The van der Waals surface area contributed by atoms with Gasteiger partial charge in [-0.3, -0.25) is 9.69 Å². The minimum absolute atomic E-state index is 0.0701. The zero-order valence-electron chi connectivity index (χ0n) is 19.1. The lowest BCUT2D eigenvalue weighted by Gasteiger charge is -2.35. The third-order valence-electron chi connectivity index (χ3n) is 7.55. The summed E-state index contributed by atoms with van der Waals surface area (Å²) >= 11 is 1.88. The van der Waals surface area contributed by atoms with Gasteiger partial charge in [-0.1, -0.05) is 36.4 Å². The number of benzene rings is 1. The summed E-state index contributed by atoms with van der Waals surface area (Å²) in [6.07, 6.45) is 8.14. The predicted molar refractivity (Wildman–Crippen MR) is 137 cm³/mol. The molecule has 1 amide bonds. The number of nitrogens with zero attached hydrogens (tertiary/aromatic N) is 3. The van der Waals surface area contributed by atoms with Gasteiger partial charge in [0.2, 0.25) is 5.91 Å². The normalized spacial score (nSPS) is 28.6. The highest BCUT2D eigenvalue weighted by molar-refractivity contribution is 7.99. The first kappa shape index (κ1) is 21.9. The second-order valence-electron chi connectivity index (χ2n) is 9.74. The van der Waals surface area contributed by atoms with Gasteiger partial charge in [0, 0.05) is 55.5 Å². The molecule has 4 atom stereocenters. The van der Waals surface area contributed by atoms with Gasteiger partial charge >= 0.3 is 0 Å². The van der Waals surface area contributed by atoms with Crippen molar-refractivity contribution in [2.75, 3.05) is 36.5 Å². The molecule has 4 aliphatic rings. The van der Waals surface area contributed by atoms with Gasteiger partial charge in [-0.15, -0.1) is 0 Å². The number of rotatable bonds is 3. The molecule has 176 valence electrons. The molecule has 0 saturated carbocycles. The Hall–Kier alpha value is -2.61. The Morgan fingerprint density at radius 3 is 2.97 bits per heavy atom. The molecule has 2 aromatic rings. The molecule has 34 heavy (non-hydrogen) atoms. The maximum absolute atomic E-state index is 12.9. The molecule has 1 aromatic heterocycles. The van der Waals surface area contributed by atoms with E-state index in [1.807, 2.05) is 22.7 Å². The maximum atomic E-state index is 12.9. The first-order chi connectivity index (χ1) is 16.6. The molecule has 2 saturated heterocycles. The van der Waals surface area contributed by atoms with Gasteiger partial charge < -0.3 is 15.3 Å². The van der Waals surface area contributed by atoms with Crippen LogP contribution in [-0.4, -0.2) is 69.2 Å². The average Bonchev–Trinajstić information content (AvgIpc) is 3.40. The highest BCUT2D eigenvalue weighted by Gasteiger charge is 2.38. The second-order valence-corrected chi connectivity index (χ2v) is 10.9. The van der Waals surface area contributed by atoms with E-state index in [0.29, 0.717) is 11.8 Å². The molecule has 0 spiro atoms. The zero-order chi connectivity index (χ0) is 23.1. The van der Waals surface area contributed by atoms with Crippen molar-refractivity contribution >= 4 is 35.1 Å². The number of carbonyl (C=O) groups excluding carboxylic acids is 1. The van der Waals surface area contributed by atoms with Crippen molar-refractivity contribution in [2.45, 2.75) is 25.2 Å². The number of aromatic nitrogens is 1. The average molecular weight is 475 g/mol. The summed E-state index contributed by atoms with van der Waals surface area (Å²) in [4.78, 5) is 21.8. The number of nitrogens with one attached hydrogen (secondary N) is 1.